The Kier molecular flexibility index (Phi) is 7.46. The number of para-hydroxylation sites is 1. The molecule has 0 saturated carbocycles. The number of hydrogen-bond donors (Lipinski definition) is 1. The van der Waals surface area contributed by atoms with Crippen LogP contribution in [0.3, 0.4) is 0 Å². The summed E-state index contributed by atoms with van der Waals surface area (Å²) >= 11 is 0. The second-order valence-corrected chi connectivity index (χ2v) is 7.32. The van der Waals surface area contributed by atoms with Crippen molar-refractivity contribution in [2.75, 3.05) is 26.8 Å². The Morgan fingerprint density at radius 3 is 2.64 bits per heavy atom. The molecule has 0 aliphatic carbocycles. The number of hydrogen-bond acceptors (Lipinski definition) is 4. The fourth-order valence-electron chi connectivity index (χ4n) is 3.60. The van der Waals surface area contributed by atoms with Gasteiger partial charge in [0.05, 0.1) is 19.8 Å². The lowest BCUT2D eigenvalue weighted by molar-refractivity contribution is -0.122. The minimum absolute atomic E-state index is 0.0242. The monoisotopic (exact) mass is 382 g/mol. The summed E-state index contributed by atoms with van der Waals surface area (Å²) in [5.41, 5.74) is 3.41. The highest BCUT2D eigenvalue weighted by atomic mass is 16.5. The summed E-state index contributed by atoms with van der Waals surface area (Å²) in [5.74, 6) is 0.872. The topological polar surface area (TPSA) is 50.8 Å². The summed E-state index contributed by atoms with van der Waals surface area (Å²) in [6.07, 6.45) is 2.33. The number of methoxy groups -OCH3 is 1. The molecule has 1 amide bonds. The first kappa shape index (κ1) is 20.4. The molecule has 5 heteroatoms. The number of nitrogens with zero attached hydrogens (tertiary/aromatic N) is 1. The Hall–Kier alpha value is -2.37. The molecular formula is C23H30N2O3. The molecule has 5 nitrogen and oxygen atoms in total. The van der Waals surface area contributed by atoms with E-state index in [1.165, 1.54) is 5.56 Å². The number of carbonyl (C=O) groups is 1. The predicted octanol–water partition coefficient (Wildman–Crippen LogP) is 3.30. The highest BCUT2D eigenvalue weighted by Crippen LogP contribution is 2.21. The quantitative estimate of drug-likeness (QED) is 0.723. The summed E-state index contributed by atoms with van der Waals surface area (Å²) in [6.45, 7) is 5.16. The number of carbonyl (C=O) groups excluding carboxylic acids is 1. The molecule has 0 spiro atoms. The molecule has 1 saturated heterocycles. The van der Waals surface area contributed by atoms with Crippen LogP contribution in [0.15, 0.2) is 48.5 Å². The maximum atomic E-state index is 12.6. The van der Waals surface area contributed by atoms with Crippen molar-refractivity contribution in [1.82, 2.24) is 10.2 Å². The van der Waals surface area contributed by atoms with E-state index < -0.39 is 0 Å². The number of nitrogens with one attached hydrogen (secondary N) is 1. The summed E-state index contributed by atoms with van der Waals surface area (Å²) in [5, 5.41) is 3.06. The molecule has 150 valence electrons. The van der Waals surface area contributed by atoms with Gasteiger partial charge in [-0.3, -0.25) is 9.69 Å². The smallest absolute Gasteiger partial charge is 0.234 e. The summed E-state index contributed by atoms with van der Waals surface area (Å²) < 4.78 is 11.3. The van der Waals surface area contributed by atoms with Crippen LogP contribution in [0.4, 0.5) is 0 Å². The van der Waals surface area contributed by atoms with Crippen LogP contribution in [-0.4, -0.2) is 43.7 Å². The first-order valence-corrected chi connectivity index (χ1v) is 9.92. The summed E-state index contributed by atoms with van der Waals surface area (Å²) in [4.78, 5) is 14.8. The van der Waals surface area contributed by atoms with Crippen LogP contribution in [0.25, 0.3) is 0 Å². The number of aryl methyl sites for hydroxylation is 1. The molecule has 0 aromatic heterocycles. The van der Waals surface area contributed by atoms with Crippen molar-refractivity contribution in [1.29, 1.82) is 0 Å². The van der Waals surface area contributed by atoms with E-state index in [-0.39, 0.29) is 12.0 Å². The fourth-order valence-corrected chi connectivity index (χ4v) is 3.60. The van der Waals surface area contributed by atoms with Crippen molar-refractivity contribution in [3.8, 4) is 5.75 Å². The van der Waals surface area contributed by atoms with Crippen molar-refractivity contribution in [3.05, 3.63) is 65.2 Å². The van der Waals surface area contributed by atoms with Crippen molar-refractivity contribution in [2.24, 2.45) is 0 Å². The number of benzene rings is 2. The largest absolute Gasteiger partial charge is 0.496 e. The number of rotatable bonds is 9. The molecule has 3 rings (SSSR count). The second kappa shape index (κ2) is 10.2. The first-order chi connectivity index (χ1) is 13.7. The number of amides is 1. The molecule has 28 heavy (non-hydrogen) atoms. The zero-order valence-corrected chi connectivity index (χ0v) is 16.8. The standard InChI is InChI=1S/C23H30N2O3/c1-18-8-3-4-9-19(18)14-24-23(26)17-25(16-21-11-7-13-28-21)15-20-10-5-6-12-22(20)27-2/h3-6,8-10,12,21H,7,11,13-17H2,1-2H3,(H,24,26). The van der Waals surface area contributed by atoms with Crippen LogP contribution in [0.5, 0.6) is 5.75 Å². The highest BCUT2D eigenvalue weighted by Gasteiger charge is 2.22. The molecular weight excluding hydrogens is 352 g/mol. The molecule has 1 unspecified atom stereocenters. The SMILES string of the molecule is COc1ccccc1CN(CC(=O)NCc1ccccc1C)CC1CCCO1. The van der Waals surface area contributed by atoms with Crippen LogP contribution in [0, 0.1) is 6.92 Å². The lowest BCUT2D eigenvalue weighted by Crippen LogP contribution is -2.40. The summed E-state index contributed by atoms with van der Waals surface area (Å²) in [6, 6.07) is 16.1. The second-order valence-electron chi connectivity index (χ2n) is 7.32. The molecule has 0 bridgehead atoms. The molecule has 2 aromatic rings. The van der Waals surface area contributed by atoms with Gasteiger partial charge in [-0.15, -0.1) is 0 Å². The van der Waals surface area contributed by atoms with Crippen LogP contribution in [0.1, 0.15) is 29.5 Å². The van der Waals surface area contributed by atoms with Gasteiger partial charge in [0, 0.05) is 31.8 Å². The van der Waals surface area contributed by atoms with Gasteiger partial charge in [-0.2, -0.15) is 0 Å². The zero-order chi connectivity index (χ0) is 19.8. The maximum Gasteiger partial charge on any atom is 0.234 e. The minimum atomic E-state index is 0.0242. The maximum absolute atomic E-state index is 12.6. The zero-order valence-electron chi connectivity index (χ0n) is 16.8. The average molecular weight is 383 g/mol. The summed E-state index contributed by atoms with van der Waals surface area (Å²) in [7, 11) is 1.68. The Balaban J connectivity index is 1.62. The normalized spacial score (nSPS) is 16.3. The van der Waals surface area contributed by atoms with E-state index in [4.69, 9.17) is 9.47 Å². The van der Waals surface area contributed by atoms with Gasteiger partial charge in [0.2, 0.25) is 5.91 Å². The molecule has 1 fully saturated rings. The number of ether oxygens (including phenoxy) is 2. The van der Waals surface area contributed by atoms with E-state index in [0.717, 1.165) is 42.9 Å². The van der Waals surface area contributed by atoms with Gasteiger partial charge in [-0.05, 0) is 37.0 Å². The molecule has 0 radical (unpaired) electrons. The molecule has 1 aliphatic heterocycles. The third kappa shape index (κ3) is 5.81. The van der Waals surface area contributed by atoms with Gasteiger partial charge in [0.25, 0.3) is 0 Å². The van der Waals surface area contributed by atoms with Gasteiger partial charge in [-0.1, -0.05) is 42.5 Å². The van der Waals surface area contributed by atoms with Crippen LogP contribution >= 0.6 is 0 Å². The third-order valence-corrected chi connectivity index (χ3v) is 5.18. The van der Waals surface area contributed by atoms with E-state index in [9.17, 15) is 4.79 Å². The van der Waals surface area contributed by atoms with Gasteiger partial charge in [-0.25, -0.2) is 0 Å². The third-order valence-electron chi connectivity index (χ3n) is 5.18. The molecule has 1 atom stereocenters. The van der Waals surface area contributed by atoms with Crippen LogP contribution in [-0.2, 0) is 22.6 Å². The van der Waals surface area contributed by atoms with E-state index in [1.54, 1.807) is 7.11 Å². The van der Waals surface area contributed by atoms with Crippen LogP contribution in [0.2, 0.25) is 0 Å². The fraction of sp³-hybridized carbons (Fsp3) is 0.435. The van der Waals surface area contributed by atoms with Crippen molar-refractivity contribution in [2.45, 2.75) is 39.0 Å². The van der Waals surface area contributed by atoms with Gasteiger partial charge >= 0.3 is 0 Å². The van der Waals surface area contributed by atoms with E-state index >= 15 is 0 Å². The highest BCUT2D eigenvalue weighted by molar-refractivity contribution is 5.78. The van der Waals surface area contributed by atoms with E-state index in [2.05, 4.69) is 29.3 Å². The Morgan fingerprint density at radius 2 is 1.93 bits per heavy atom. The lowest BCUT2D eigenvalue weighted by atomic mass is 10.1. The Morgan fingerprint density at radius 1 is 1.18 bits per heavy atom. The molecule has 1 aliphatic rings. The Bertz CT molecular complexity index is 772. The molecule has 2 aromatic carbocycles. The van der Waals surface area contributed by atoms with Crippen molar-refractivity contribution in [3.63, 3.8) is 0 Å². The van der Waals surface area contributed by atoms with E-state index in [1.807, 2.05) is 36.4 Å². The Labute approximate surface area is 167 Å². The van der Waals surface area contributed by atoms with Crippen molar-refractivity contribution >= 4 is 5.91 Å². The van der Waals surface area contributed by atoms with Gasteiger partial charge in [0.15, 0.2) is 0 Å². The van der Waals surface area contributed by atoms with Gasteiger partial charge in [0.1, 0.15) is 5.75 Å². The van der Waals surface area contributed by atoms with Gasteiger partial charge < -0.3 is 14.8 Å². The lowest BCUT2D eigenvalue weighted by Gasteiger charge is -2.25. The minimum Gasteiger partial charge on any atom is -0.496 e. The van der Waals surface area contributed by atoms with Crippen molar-refractivity contribution < 1.29 is 14.3 Å². The van der Waals surface area contributed by atoms with Crippen LogP contribution < -0.4 is 10.1 Å². The first-order valence-electron chi connectivity index (χ1n) is 9.92. The predicted molar refractivity (Wildman–Crippen MR) is 110 cm³/mol. The van der Waals surface area contributed by atoms with E-state index in [0.29, 0.717) is 19.6 Å². The molecule has 1 heterocycles. The average Bonchev–Trinajstić information content (AvgIpc) is 3.21. The molecule has 1 N–H and O–H groups in total.